The quantitative estimate of drug-likeness (QED) is 0.348. The Bertz CT molecular complexity index is 1340. The third-order valence-electron chi connectivity index (χ3n) is 5.97. The van der Waals surface area contributed by atoms with Gasteiger partial charge in [0.1, 0.15) is 13.1 Å². The first-order chi connectivity index (χ1) is 17.8. The number of amides is 4. The summed E-state index contributed by atoms with van der Waals surface area (Å²) in [6, 6.07) is 21.4. The number of fused-ring (bicyclic) bond motifs is 1. The molecule has 1 aliphatic rings. The number of nitrogens with zero attached hydrogens (tertiary/aromatic N) is 3. The molecule has 188 valence electrons. The summed E-state index contributed by atoms with van der Waals surface area (Å²) in [7, 11) is 1.57. The van der Waals surface area contributed by atoms with Gasteiger partial charge in [-0.05, 0) is 43.3 Å². The lowest BCUT2D eigenvalue weighted by Gasteiger charge is -2.28. The number of carbonyl (C=O) groups excluding carboxylic acids is 5. The van der Waals surface area contributed by atoms with Gasteiger partial charge in [-0.15, -0.1) is 0 Å². The number of rotatable bonds is 8. The van der Waals surface area contributed by atoms with Crippen molar-refractivity contribution in [3.63, 3.8) is 0 Å². The number of imide groups is 1. The average Bonchev–Trinajstić information content (AvgIpc) is 3.16. The number of hydrogen-bond donors (Lipinski definition) is 0. The molecule has 0 aliphatic carbocycles. The Labute approximate surface area is 213 Å². The van der Waals surface area contributed by atoms with Crippen molar-refractivity contribution in [2.24, 2.45) is 0 Å². The van der Waals surface area contributed by atoms with Gasteiger partial charge in [0.2, 0.25) is 11.8 Å². The zero-order valence-corrected chi connectivity index (χ0v) is 20.4. The van der Waals surface area contributed by atoms with Crippen molar-refractivity contribution >= 4 is 41.0 Å². The van der Waals surface area contributed by atoms with E-state index in [1.54, 1.807) is 62.5 Å². The van der Waals surface area contributed by atoms with Gasteiger partial charge in [-0.1, -0.05) is 42.5 Å². The van der Waals surface area contributed by atoms with Gasteiger partial charge in [-0.25, -0.2) is 4.79 Å². The van der Waals surface area contributed by atoms with Gasteiger partial charge < -0.3 is 14.5 Å². The molecule has 1 aliphatic heterocycles. The van der Waals surface area contributed by atoms with E-state index in [1.807, 2.05) is 6.07 Å². The van der Waals surface area contributed by atoms with Gasteiger partial charge in [0.25, 0.3) is 11.8 Å². The number of anilines is 2. The molecule has 0 aromatic heterocycles. The summed E-state index contributed by atoms with van der Waals surface area (Å²) in [6.45, 7) is 0.728. The smallest absolute Gasteiger partial charge is 0.340 e. The van der Waals surface area contributed by atoms with Crippen molar-refractivity contribution < 1.29 is 28.7 Å². The second kappa shape index (κ2) is 10.9. The van der Waals surface area contributed by atoms with Crippen molar-refractivity contribution in [1.29, 1.82) is 0 Å². The van der Waals surface area contributed by atoms with Crippen molar-refractivity contribution in [3.8, 4) is 0 Å². The first kappa shape index (κ1) is 25.3. The Morgan fingerprint density at radius 2 is 1.35 bits per heavy atom. The van der Waals surface area contributed by atoms with E-state index in [2.05, 4.69) is 0 Å². The zero-order valence-electron chi connectivity index (χ0n) is 20.4. The normalized spacial score (nSPS) is 12.2. The number of hydrogen-bond acceptors (Lipinski definition) is 6. The molecular weight excluding hydrogens is 474 g/mol. The number of likely N-dealkylation sites (N-methyl/N-ethyl adjacent to an activating group) is 1. The average molecular weight is 500 g/mol. The van der Waals surface area contributed by atoms with Crippen molar-refractivity contribution in [2.45, 2.75) is 6.92 Å². The van der Waals surface area contributed by atoms with Crippen LogP contribution < -0.4 is 9.80 Å². The van der Waals surface area contributed by atoms with Crippen LogP contribution in [-0.4, -0.2) is 61.2 Å². The fraction of sp³-hybridized carbons (Fsp3) is 0.179. The van der Waals surface area contributed by atoms with Crippen LogP contribution in [0.2, 0.25) is 0 Å². The third-order valence-corrected chi connectivity index (χ3v) is 5.97. The van der Waals surface area contributed by atoms with Crippen molar-refractivity contribution in [1.82, 2.24) is 4.90 Å². The van der Waals surface area contributed by atoms with Gasteiger partial charge >= 0.3 is 5.97 Å². The van der Waals surface area contributed by atoms with Gasteiger partial charge in [0.05, 0.1) is 29.0 Å². The SMILES string of the molecule is CCOC(=O)c1ccccc1N(CC(=O)N(C)c1ccccc1)C(=O)CN1C(=O)c2ccccc2C1=O. The largest absolute Gasteiger partial charge is 0.462 e. The molecule has 0 saturated carbocycles. The molecule has 9 nitrogen and oxygen atoms in total. The minimum Gasteiger partial charge on any atom is -0.462 e. The van der Waals surface area contributed by atoms with Crippen LogP contribution in [0.5, 0.6) is 0 Å². The minimum atomic E-state index is -0.707. The van der Waals surface area contributed by atoms with E-state index < -0.39 is 42.7 Å². The van der Waals surface area contributed by atoms with Crippen LogP contribution >= 0.6 is 0 Å². The lowest BCUT2D eigenvalue weighted by atomic mass is 10.1. The molecule has 0 saturated heterocycles. The summed E-state index contributed by atoms with van der Waals surface area (Å²) in [6.07, 6.45) is 0. The molecular formula is C28H25N3O6. The van der Waals surface area contributed by atoms with Crippen LogP contribution in [0.15, 0.2) is 78.9 Å². The van der Waals surface area contributed by atoms with E-state index in [4.69, 9.17) is 4.74 Å². The molecule has 0 atom stereocenters. The summed E-state index contributed by atoms with van der Waals surface area (Å²) in [5, 5.41) is 0. The molecule has 0 radical (unpaired) electrons. The molecule has 0 fully saturated rings. The first-order valence-corrected chi connectivity index (χ1v) is 11.7. The molecule has 0 N–H and O–H groups in total. The van der Waals surface area contributed by atoms with E-state index in [0.29, 0.717) is 5.69 Å². The molecule has 0 spiro atoms. The predicted octanol–water partition coefficient (Wildman–Crippen LogP) is 3.16. The Balaban J connectivity index is 1.67. The van der Waals surface area contributed by atoms with Gasteiger partial charge in [-0.2, -0.15) is 0 Å². The highest BCUT2D eigenvalue weighted by atomic mass is 16.5. The minimum absolute atomic E-state index is 0.0789. The molecule has 37 heavy (non-hydrogen) atoms. The molecule has 1 heterocycles. The van der Waals surface area contributed by atoms with E-state index in [-0.39, 0.29) is 29.0 Å². The molecule has 4 rings (SSSR count). The van der Waals surface area contributed by atoms with Crippen LogP contribution in [0.1, 0.15) is 38.0 Å². The van der Waals surface area contributed by atoms with Crippen LogP contribution in [0.4, 0.5) is 11.4 Å². The molecule has 4 amide bonds. The Kier molecular flexibility index (Phi) is 7.43. The number of esters is 1. The summed E-state index contributed by atoms with van der Waals surface area (Å²) < 4.78 is 5.14. The summed E-state index contributed by atoms with van der Waals surface area (Å²) in [4.78, 5) is 68.6. The monoisotopic (exact) mass is 499 g/mol. The number of ether oxygens (including phenoxy) is 1. The van der Waals surface area contributed by atoms with Gasteiger partial charge in [0, 0.05) is 12.7 Å². The van der Waals surface area contributed by atoms with Gasteiger partial charge in [-0.3, -0.25) is 24.1 Å². The van der Waals surface area contributed by atoms with Gasteiger partial charge in [0.15, 0.2) is 0 Å². The van der Waals surface area contributed by atoms with E-state index in [0.717, 1.165) is 9.80 Å². The molecule has 3 aromatic carbocycles. The van der Waals surface area contributed by atoms with E-state index in [1.165, 1.54) is 29.2 Å². The third kappa shape index (κ3) is 5.11. The summed E-state index contributed by atoms with van der Waals surface area (Å²) >= 11 is 0. The number of para-hydroxylation sites is 2. The van der Waals surface area contributed by atoms with E-state index >= 15 is 0 Å². The van der Waals surface area contributed by atoms with E-state index in [9.17, 15) is 24.0 Å². The predicted molar refractivity (Wildman–Crippen MR) is 136 cm³/mol. The van der Waals surface area contributed by atoms with Crippen LogP contribution in [0.25, 0.3) is 0 Å². The lowest BCUT2D eigenvalue weighted by Crippen LogP contribution is -2.47. The van der Waals surface area contributed by atoms with Crippen LogP contribution in [-0.2, 0) is 14.3 Å². The molecule has 3 aromatic rings. The fourth-order valence-corrected chi connectivity index (χ4v) is 4.04. The second-order valence-corrected chi connectivity index (χ2v) is 8.25. The summed E-state index contributed by atoms with van der Waals surface area (Å²) in [5.74, 6) is -3.01. The highest BCUT2D eigenvalue weighted by Gasteiger charge is 2.38. The maximum atomic E-state index is 13.6. The van der Waals surface area contributed by atoms with Crippen LogP contribution in [0, 0.1) is 0 Å². The number of benzene rings is 3. The van der Waals surface area contributed by atoms with Crippen LogP contribution in [0.3, 0.4) is 0 Å². The highest BCUT2D eigenvalue weighted by Crippen LogP contribution is 2.26. The second-order valence-electron chi connectivity index (χ2n) is 8.25. The highest BCUT2D eigenvalue weighted by molar-refractivity contribution is 6.23. The molecule has 9 heteroatoms. The Hall–Kier alpha value is -4.79. The Morgan fingerprint density at radius 3 is 1.97 bits per heavy atom. The standard InChI is InChI=1S/C28H25N3O6/c1-3-37-28(36)22-15-9-10-16-23(22)30(17-24(32)29(2)19-11-5-4-6-12-19)25(33)18-31-26(34)20-13-7-8-14-21(20)27(31)35/h4-16H,3,17-18H2,1-2H3. The maximum absolute atomic E-state index is 13.6. The Morgan fingerprint density at radius 1 is 0.784 bits per heavy atom. The topological polar surface area (TPSA) is 104 Å². The number of carbonyl (C=O) groups is 5. The van der Waals surface area contributed by atoms with Crippen molar-refractivity contribution in [2.75, 3.05) is 36.5 Å². The maximum Gasteiger partial charge on any atom is 0.340 e. The van der Waals surface area contributed by atoms with Crippen molar-refractivity contribution in [3.05, 3.63) is 95.6 Å². The lowest BCUT2D eigenvalue weighted by molar-refractivity contribution is -0.122. The zero-order chi connectivity index (χ0) is 26.5. The first-order valence-electron chi connectivity index (χ1n) is 11.7. The molecule has 0 bridgehead atoms. The summed E-state index contributed by atoms with van der Waals surface area (Å²) in [5.41, 5.74) is 1.24. The fourth-order valence-electron chi connectivity index (χ4n) is 4.04. The molecule has 0 unspecified atom stereocenters.